The molecule has 1 aliphatic heterocycles. The van der Waals surface area contributed by atoms with E-state index < -0.39 is 0 Å². The minimum absolute atomic E-state index is 0.417. The van der Waals surface area contributed by atoms with Gasteiger partial charge >= 0.3 is 0 Å². The molecule has 1 saturated heterocycles. The molecule has 0 spiro atoms. The van der Waals surface area contributed by atoms with Crippen molar-refractivity contribution in [1.82, 2.24) is 0 Å². The fourth-order valence-electron chi connectivity index (χ4n) is 1.91. The molecule has 3 nitrogen and oxygen atoms in total. The van der Waals surface area contributed by atoms with Gasteiger partial charge in [0.25, 0.3) is 0 Å². The first-order chi connectivity index (χ1) is 7.75. The van der Waals surface area contributed by atoms with Crippen LogP contribution in [0.5, 0.6) is 0 Å². The highest BCUT2D eigenvalue weighted by molar-refractivity contribution is 6.33. The van der Waals surface area contributed by atoms with Gasteiger partial charge in [0.15, 0.2) is 0 Å². The Hall–Kier alpha value is -0.930. The molecule has 2 rings (SSSR count). The molecule has 0 amide bonds. The first kappa shape index (κ1) is 11.6. The second-order valence-corrected chi connectivity index (χ2v) is 4.50. The van der Waals surface area contributed by atoms with Crippen LogP contribution in [0, 0.1) is 0 Å². The number of benzene rings is 1. The van der Waals surface area contributed by atoms with E-state index in [1.165, 1.54) is 12.8 Å². The molecule has 0 aromatic heterocycles. The van der Waals surface area contributed by atoms with Crippen LogP contribution >= 0.6 is 11.6 Å². The molecule has 0 aliphatic carbocycles. The molecule has 1 fully saturated rings. The zero-order valence-corrected chi connectivity index (χ0v) is 9.96. The molecule has 88 valence electrons. The van der Waals surface area contributed by atoms with Gasteiger partial charge in [0.1, 0.15) is 0 Å². The zero-order valence-electron chi connectivity index (χ0n) is 9.21. The molecule has 16 heavy (non-hydrogen) atoms. The minimum atomic E-state index is 0.417. The maximum atomic E-state index is 6.05. The predicted molar refractivity (Wildman–Crippen MR) is 67.9 cm³/mol. The first-order valence-electron chi connectivity index (χ1n) is 5.66. The number of nitrogens with two attached hydrogens (primary N) is 1. The van der Waals surface area contributed by atoms with E-state index in [2.05, 4.69) is 5.32 Å². The summed E-state index contributed by atoms with van der Waals surface area (Å²) in [4.78, 5) is 0. The van der Waals surface area contributed by atoms with Crippen LogP contribution in [0.4, 0.5) is 11.4 Å². The van der Waals surface area contributed by atoms with Crippen LogP contribution in [0.2, 0.25) is 5.02 Å². The fraction of sp³-hybridized carbons (Fsp3) is 0.500. The van der Waals surface area contributed by atoms with Crippen LogP contribution in [-0.4, -0.2) is 19.3 Å². The molecule has 3 N–H and O–H groups in total. The number of nitrogen functional groups attached to an aromatic ring is 1. The van der Waals surface area contributed by atoms with Gasteiger partial charge in [0, 0.05) is 18.8 Å². The predicted octanol–water partition coefficient (Wildman–Crippen LogP) is 2.90. The van der Waals surface area contributed by atoms with Gasteiger partial charge in [-0.2, -0.15) is 0 Å². The summed E-state index contributed by atoms with van der Waals surface area (Å²) < 4.78 is 5.55. The number of halogens is 1. The van der Waals surface area contributed by atoms with Gasteiger partial charge in [0.2, 0.25) is 0 Å². The van der Waals surface area contributed by atoms with Crippen molar-refractivity contribution in [2.24, 2.45) is 0 Å². The molecule has 1 atom stereocenters. The second-order valence-electron chi connectivity index (χ2n) is 4.09. The van der Waals surface area contributed by atoms with E-state index in [9.17, 15) is 0 Å². The van der Waals surface area contributed by atoms with Crippen molar-refractivity contribution in [3.05, 3.63) is 23.2 Å². The van der Waals surface area contributed by atoms with Crippen molar-refractivity contribution in [2.45, 2.75) is 25.4 Å². The molecular formula is C12H17ClN2O. The van der Waals surface area contributed by atoms with Crippen LogP contribution < -0.4 is 11.1 Å². The Balaban J connectivity index is 1.80. The Morgan fingerprint density at radius 3 is 3.06 bits per heavy atom. The van der Waals surface area contributed by atoms with E-state index >= 15 is 0 Å². The third-order valence-corrected chi connectivity index (χ3v) is 3.11. The first-order valence-corrected chi connectivity index (χ1v) is 6.04. The summed E-state index contributed by atoms with van der Waals surface area (Å²) in [6, 6.07) is 5.52. The van der Waals surface area contributed by atoms with Gasteiger partial charge in [-0.1, -0.05) is 11.6 Å². The van der Waals surface area contributed by atoms with Gasteiger partial charge in [-0.05, 0) is 37.5 Å². The van der Waals surface area contributed by atoms with Crippen molar-refractivity contribution < 1.29 is 4.74 Å². The Morgan fingerprint density at radius 2 is 2.38 bits per heavy atom. The number of ether oxygens (including phenoxy) is 1. The van der Waals surface area contributed by atoms with Crippen molar-refractivity contribution in [1.29, 1.82) is 0 Å². The smallest absolute Gasteiger partial charge is 0.0657 e. The van der Waals surface area contributed by atoms with Crippen molar-refractivity contribution in [2.75, 3.05) is 24.2 Å². The summed E-state index contributed by atoms with van der Waals surface area (Å²) in [6.45, 7) is 1.79. The fourth-order valence-corrected chi connectivity index (χ4v) is 2.17. The van der Waals surface area contributed by atoms with E-state index in [1.54, 1.807) is 6.07 Å². The summed E-state index contributed by atoms with van der Waals surface area (Å²) in [7, 11) is 0. The highest BCUT2D eigenvalue weighted by atomic mass is 35.5. The van der Waals surface area contributed by atoms with Gasteiger partial charge in [-0.3, -0.25) is 0 Å². The van der Waals surface area contributed by atoms with Gasteiger partial charge in [-0.15, -0.1) is 0 Å². The van der Waals surface area contributed by atoms with Crippen LogP contribution in [0.15, 0.2) is 18.2 Å². The van der Waals surface area contributed by atoms with E-state index in [4.69, 9.17) is 22.1 Å². The maximum Gasteiger partial charge on any atom is 0.0657 e. The summed E-state index contributed by atoms with van der Waals surface area (Å²) in [5.74, 6) is 0. The highest BCUT2D eigenvalue weighted by Gasteiger charge is 2.14. The Morgan fingerprint density at radius 1 is 1.50 bits per heavy atom. The van der Waals surface area contributed by atoms with Gasteiger partial charge in [0.05, 0.1) is 16.8 Å². The quantitative estimate of drug-likeness (QED) is 0.796. The maximum absolute atomic E-state index is 6.05. The third kappa shape index (κ3) is 3.03. The monoisotopic (exact) mass is 240 g/mol. The summed E-state index contributed by atoms with van der Waals surface area (Å²) >= 11 is 6.05. The SMILES string of the molecule is Nc1ccc(NCCC2CCCO2)c(Cl)c1. The second kappa shape index (κ2) is 5.41. The van der Waals surface area contributed by atoms with Crippen molar-refractivity contribution in [3.63, 3.8) is 0 Å². The molecule has 0 bridgehead atoms. The molecule has 4 heteroatoms. The number of nitrogens with one attached hydrogen (secondary N) is 1. The number of anilines is 2. The van der Waals surface area contributed by atoms with Crippen LogP contribution in [0.25, 0.3) is 0 Å². The largest absolute Gasteiger partial charge is 0.399 e. The van der Waals surface area contributed by atoms with Crippen LogP contribution in [0.3, 0.4) is 0 Å². The number of hydrogen-bond donors (Lipinski definition) is 2. The summed E-state index contributed by atoms with van der Waals surface area (Å²) in [6.07, 6.45) is 3.81. The molecule has 1 unspecified atom stereocenters. The number of rotatable bonds is 4. The molecule has 1 aromatic rings. The third-order valence-electron chi connectivity index (χ3n) is 2.80. The highest BCUT2D eigenvalue weighted by Crippen LogP contribution is 2.24. The van der Waals surface area contributed by atoms with E-state index in [-0.39, 0.29) is 0 Å². The average molecular weight is 241 g/mol. The molecule has 1 heterocycles. The normalized spacial score (nSPS) is 19.9. The number of hydrogen-bond acceptors (Lipinski definition) is 3. The lowest BCUT2D eigenvalue weighted by atomic mass is 10.2. The van der Waals surface area contributed by atoms with E-state index in [1.807, 2.05) is 12.1 Å². The van der Waals surface area contributed by atoms with Gasteiger partial charge in [-0.25, -0.2) is 0 Å². The summed E-state index contributed by atoms with van der Waals surface area (Å²) in [5, 5.41) is 3.97. The molecule has 1 aromatic carbocycles. The average Bonchev–Trinajstić information content (AvgIpc) is 2.74. The lowest BCUT2D eigenvalue weighted by Gasteiger charge is -2.12. The lowest BCUT2D eigenvalue weighted by Crippen LogP contribution is -2.12. The molecule has 0 saturated carbocycles. The molecule has 1 aliphatic rings. The van der Waals surface area contributed by atoms with Crippen molar-refractivity contribution in [3.8, 4) is 0 Å². The topological polar surface area (TPSA) is 47.3 Å². The van der Waals surface area contributed by atoms with Crippen LogP contribution in [0.1, 0.15) is 19.3 Å². The van der Waals surface area contributed by atoms with Gasteiger partial charge < -0.3 is 15.8 Å². The van der Waals surface area contributed by atoms with Crippen LogP contribution in [-0.2, 0) is 4.74 Å². The minimum Gasteiger partial charge on any atom is -0.399 e. The molecular weight excluding hydrogens is 224 g/mol. The Labute approximate surface area is 101 Å². The molecule has 0 radical (unpaired) electrons. The Bertz CT molecular complexity index is 351. The summed E-state index contributed by atoms with van der Waals surface area (Å²) in [5.41, 5.74) is 7.25. The van der Waals surface area contributed by atoms with E-state index in [0.717, 1.165) is 25.3 Å². The standard InChI is InChI=1S/C12H17ClN2O/c13-11-8-9(14)3-4-12(11)15-6-5-10-2-1-7-16-10/h3-4,8,10,15H,1-2,5-7,14H2. The Kier molecular flexibility index (Phi) is 3.91. The van der Waals surface area contributed by atoms with Crippen molar-refractivity contribution >= 4 is 23.0 Å². The lowest BCUT2D eigenvalue weighted by molar-refractivity contribution is 0.107. The zero-order chi connectivity index (χ0) is 11.4. The van der Waals surface area contributed by atoms with E-state index in [0.29, 0.717) is 16.8 Å².